The zero-order valence-electron chi connectivity index (χ0n) is 23.4. The van der Waals surface area contributed by atoms with Crippen LogP contribution in [0.2, 0.25) is 0 Å². The number of hydrogen-bond donors (Lipinski definition) is 6. The van der Waals surface area contributed by atoms with E-state index < -0.39 is 85.8 Å². The number of hydrogen-bond acceptors (Lipinski definition) is 11. The average Bonchev–Trinajstić information content (AvgIpc) is 2.91. The van der Waals surface area contributed by atoms with Gasteiger partial charge in [0.05, 0.1) is 24.4 Å². The summed E-state index contributed by atoms with van der Waals surface area (Å²) in [5.41, 5.74) is -1.44. The minimum Gasteiger partial charge on any atom is -0.394 e. The molecule has 0 bridgehead atoms. The fourth-order valence-electron chi connectivity index (χ4n) is 4.95. The molecular weight excluding hydrogens is 500 g/mol. The zero-order chi connectivity index (χ0) is 28.7. The van der Waals surface area contributed by atoms with Crippen LogP contribution in [0.25, 0.3) is 0 Å². The van der Waals surface area contributed by atoms with Gasteiger partial charge in [-0.3, -0.25) is 0 Å². The van der Waals surface area contributed by atoms with Crippen molar-refractivity contribution in [2.24, 2.45) is 0 Å². The highest BCUT2D eigenvalue weighted by molar-refractivity contribution is 4.99. The molecule has 0 aromatic rings. The molecule has 224 valence electrons. The van der Waals surface area contributed by atoms with E-state index >= 15 is 0 Å². The maximum atomic E-state index is 10.9. The second kappa shape index (κ2) is 14.8. The molecule has 11 nitrogen and oxygen atoms in total. The van der Waals surface area contributed by atoms with Crippen molar-refractivity contribution in [3.05, 3.63) is 12.7 Å². The van der Waals surface area contributed by atoms with Crippen LogP contribution in [0, 0.1) is 0 Å². The summed E-state index contributed by atoms with van der Waals surface area (Å²) in [5, 5.41) is 63.4. The third-order valence-electron chi connectivity index (χ3n) is 7.72. The third kappa shape index (κ3) is 7.94. The second-order valence-corrected chi connectivity index (χ2v) is 10.9. The van der Waals surface area contributed by atoms with Crippen molar-refractivity contribution in [2.45, 2.75) is 146 Å². The highest BCUT2D eigenvalue weighted by atomic mass is 16.7. The molecule has 0 radical (unpaired) electrons. The first-order valence-corrected chi connectivity index (χ1v) is 13.8. The van der Waals surface area contributed by atoms with Crippen LogP contribution < -0.4 is 0 Å². The van der Waals surface area contributed by atoms with E-state index in [0.29, 0.717) is 12.8 Å². The molecule has 0 saturated carbocycles. The van der Waals surface area contributed by atoms with Gasteiger partial charge >= 0.3 is 0 Å². The molecule has 12 atom stereocenters. The first kappa shape index (κ1) is 33.5. The zero-order valence-corrected chi connectivity index (χ0v) is 23.4. The van der Waals surface area contributed by atoms with Crippen LogP contribution in [0.4, 0.5) is 0 Å². The Hall–Kier alpha value is -0.700. The van der Waals surface area contributed by atoms with Crippen LogP contribution in [0.5, 0.6) is 0 Å². The summed E-state index contributed by atoms with van der Waals surface area (Å²) in [4.78, 5) is 0. The molecular formula is C27H50O11. The van der Waals surface area contributed by atoms with E-state index in [1.807, 2.05) is 20.8 Å². The van der Waals surface area contributed by atoms with Crippen LogP contribution in [-0.4, -0.2) is 116 Å². The molecule has 10 unspecified atom stereocenters. The maximum absolute atomic E-state index is 10.9. The molecule has 2 rings (SSSR count). The highest BCUT2D eigenvalue weighted by Gasteiger charge is 2.52. The number of ether oxygens (including phenoxy) is 5. The minimum absolute atomic E-state index is 0.549. The van der Waals surface area contributed by atoms with Crippen molar-refractivity contribution in [1.29, 1.82) is 0 Å². The molecule has 6 N–H and O–H groups in total. The number of aliphatic hydroxyl groups excluding tert-OH is 6. The van der Waals surface area contributed by atoms with Crippen LogP contribution >= 0.6 is 0 Å². The first-order valence-electron chi connectivity index (χ1n) is 13.8. The molecule has 0 spiro atoms. The lowest BCUT2D eigenvalue weighted by molar-refractivity contribution is -0.372. The second-order valence-electron chi connectivity index (χ2n) is 10.9. The van der Waals surface area contributed by atoms with E-state index in [1.165, 1.54) is 0 Å². The molecule has 11 heteroatoms. The van der Waals surface area contributed by atoms with Gasteiger partial charge in [-0.15, -0.1) is 6.58 Å². The van der Waals surface area contributed by atoms with Gasteiger partial charge in [0.15, 0.2) is 12.6 Å². The first-order chi connectivity index (χ1) is 17.9. The fraction of sp³-hybridized carbons (Fsp3) is 0.926. The molecule has 2 aliphatic rings. The predicted octanol–water partition coefficient (Wildman–Crippen LogP) is 0.755. The Bertz CT molecular complexity index is 707. The Morgan fingerprint density at radius 1 is 0.763 bits per heavy atom. The SMILES string of the molecule is C=C[C@@](C)(CCC)OC1C(CO)OC(OC2C(CO)OC(O[C@@](C)(CC)CCCC)C(O)C2O)C(O)C1O. The van der Waals surface area contributed by atoms with Crippen LogP contribution in [0.3, 0.4) is 0 Å². The molecule has 2 aliphatic heterocycles. The summed E-state index contributed by atoms with van der Waals surface area (Å²) < 4.78 is 29.4. The number of unbranched alkanes of at least 4 members (excludes halogenated alkanes) is 1. The van der Waals surface area contributed by atoms with Gasteiger partial charge in [0.25, 0.3) is 0 Å². The topological polar surface area (TPSA) is 168 Å². The predicted molar refractivity (Wildman–Crippen MR) is 138 cm³/mol. The van der Waals surface area contributed by atoms with Crippen molar-refractivity contribution in [2.75, 3.05) is 13.2 Å². The Morgan fingerprint density at radius 3 is 1.84 bits per heavy atom. The molecule has 2 fully saturated rings. The summed E-state index contributed by atoms with van der Waals surface area (Å²) in [5.74, 6) is 0. The van der Waals surface area contributed by atoms with Crippen LogP contribution in [0.15, 0.2) is 12.7 Å². The van der Waals surface area contributed by atoms with E-state index in [0.717, 1.165) is 25.7 Å². The van der Waals surface area contributed by atoms with Gasteiger partial charge in [0.2, 0.25) is 0 Å². The average molecular weight is 551 g/mol. The van der Waals surface area contributed by atoms with E-state index in [4.69, 9.17) is 23.7 Å². The number of aliphatic hydroxyl groups is 6. The lowest BCUT2D eigenvalue weighted by atomic mass is 9.94. The normalized spacial score (nSPS) is 39.3. The molecule has 2 heterocycles. The van der Waals surface area contributed by atoms with Crippen molar-refractivity contribution >= 4 is 0 Å². The quantitative estimate of drug-likeness (QED) is 0.159. The molecule has 0 aromatic heterocycles. The maximum Gasteiger partial charge on any atom is 0.187 e. The summed E-state index contributed by atoms with van der Waals surface area (Å²) in [6, 6.07) is 0. The van der Waals surface area contributed by atoms with Gasteiger partial charge in [0, 0.05) is 0 Å². The monoisotopic (exact) mass is 550 g/mol. The van der Waals surface area contributed by atoms with Crippen LogP contribution in [0.1, 0.15) is 73.1 Å². The minimum atomic E-state index is -1.63. The Balaban J connectivity index is 2.16. The summed E-state index contributed by atoms with van der Waals surface area (Å²) >= 11 is 0. The summed E-state index contributed by atoms with van der Waals surface area (Å²) in [6.07, 6.45) is -7.40. The summed E-state index contributed by atoms with van der Waals surface area (Å²) in [6.45, 7) is 12.3. The third-order valence-corrected chi connectivity index (χ3v) is 7.72. The van der Waals surface area contributed by atoms with Gasteiger partial charge in [0.1, 0.15) is 48.8 Å². The molecule has 0 aromatic carbocycles. The molecule has 0 aliphatic carbocycles. The van der Waals surface area contributed by atoms with Gasteiger partial charge in [-0.2, -0.15) is 0 Å². The molecule has 2 saturated heterocycles. The summed E-state index contributed by atoms with van der Waals surface area (Å²) in [7, 11) is 0. The smallest absolute Gasteiger partial charge is 0.187 e. The van der Waals surface area contributed by atoms with Gasteiger partial charge in [-0.25, -0.2) is 0 Å². The Labute approximate surface area is 226 Å². The molecule has 0 amide bonds. The van der Waals surface area contributed by atoms with E-state index in [9.17, 15) is 30.6 Å². The van der Waals surface area contributed by atoms with E-state index in [1.54, 1.807) is 13.0 Å². The Kier molecular flexibility index (Phi) is 13.0. The van der Waals surface area contributed by atoms with Gasteiger partial charge in [-0.1, -0.05) is 46.1 Å². The van der Waals surface area contributed by atoms with Gasteiger partial charge in [-0.05, 0) is 33.1 Å². The largest absolute Gasteiger partial charge is 0.394 e. The lowest BCUT2D eigenvalue weighted by Gasteiger charge is -2.48. The highest BCUT2D eigenvalue weighted by Crippen LogP contribution is 2.35. The van der Waals surface area contributed by atoms with E-state index in [2.05, 4.69) is 13.5 Å². The van der Waals surface area contributed by atoms with Crippen molar-refractivity contribution < 1.29 is 54.3 Å². The molecule has 38 heavy (non-hydrogen) atoms. The lowest BCUT2D eigenvalue weighted by Crippen LogP contribution is -2.66. The fourth-order valence-corrected chi connectivity index (χ4v) is 4.95. The standard InChI is InChI=1S/C27H50O11/c1-7-11-13-27(6,10-4)38-25-21(33)18(30)22(16(14-28)35-25)36-24-20(32)19(31)23(17(15-29)34-24)37-26(5,9-3)12-8-2/h9,16-25,28-33H,3,7-8,10-15H2,1-2,4-6H3/t16?,17?,18?,19?,20?,21?,22?,23?,24?,25?,26-,27-/m0/s1. The van der Waals surface area contributed by atoms with Gasteiger partial charge < -0.3 is 54.3 Å². The van der Waals surface area contributed by atoms with Crippen molar-refractivity contribution in [3.63, 3.8) is 0 Å². The number of rotatable bonds is 15. The van der Waals surface area contributed by atoms with E-state index in [-0.39, 0.29) is 0 Å². The Morgan fingerprint density at radius 2 is 1.32 bits per heavy atom. The van der Waals surface area contributed by atoms with Crippen molar-refractivity contribution in [3.8, 4) is 0 Å². The van der Waals surface area contributed by atoms with Crippen molar-refractivity contribution in [1.82, 2.24) is 0 Å². The van der Waals surface area contributed by atoms with Crippen LogP contribution in [-0.2, 0) is 23.7 Å².